The van der Waals surface area contributed by atoms with Crippen LogP contribution in [-0.4, -0.2) is 14.8 Å². The molecule has 0 unspecified atom stereocenters. The van der Waals surface area contributed by atoms with Crippen molar-refractivity contribution in [2.45, 2.75) is 6.92 Å². The maximum absolute atomic E-state index is 11.8. The number of aryl methyl sites for hydroxylation is 2. The van der Waals surface area contributed by atoms with Crippen molar-refractivity contribution in [3.63, 3.8) is 0 Å². The van der Waals surface area contributed by atoms with Crippen LogP contribution >= 0.6 is 12.2 Å². The molecule has 0 aliphatic heterocycles. The molecule has 0 saturated carbocycles. The van der Waals surface area contributed by atoms with Crippen LogP contribution < -0.4 is 11.3 Å². The van der Waals surface area contributed by atoms with Crippen LogP contribution in [0, 0.1) is 6.92 Å². The minimum absolute atomic E-state index is 0.0892. The molecule has 0 amide bonds. The molecule has 2 aromatic rings. The summed E-state index contributed by atoms with van der Waals surface area (Å²) < 4.78 is 1.25. The summed E-state index contributed by atoms with van der Waals surface area (Å²) in [4.78, 5) is 11.9. The zero-order chi connectivity index (χ0) is 13.3. The van der Waals surface area contributed by atoms with Crippen molar-refractivity contribution < 1.29 is 0 Å². The Morgan fingerprint density at radius 2 is 1.94 bits per heavy atom. The summed E-state index contributed by atoms with van der Waals surface area (Å²) in [6, 6.07) is 9.51. The fraction of sp³-hybridized carbons (Fsp3) is 0.154. The Balaban J connectivity index is 2.62. The zero-order valence-electron chi connectivity index (χ0n) is 10.2. The highest BCUT2D eigenvalue weighted by molar-refractivity contribution is 7.80. The molecular weight excluding hydrogens is 246 g/mol. The van der Waals surface area contributed by atoms with Crippen LogP contribution in [-0.2, 0) is 7.05 Å². The lowest BCUT2D eigenvalue weighted by molar-refractivity contribution is 0.710. The predicted molar refractivity (Wildman–Crippen MR) is 75.5 cm³/mol. The highest BCUT2D eigenvalue weighted by Gasteiger charge is 2.09. The highest BCUT2D eigenvalue weighted by atomic mass is 32.1. The first kappa shape index (κ1) is 12.4. The van der Waals surface area contributed by atoms with Gasteiger partial charge in [0.15, 0.2) is 0 Å². The Labute approximate surface area is 110 Å². The summed E-state index contributed by atoms with van der Waals surface area (Å²) in [5.41, 5.74) is 8.35. The van der Waals surface area contributed by atoms with Gasteiger partial charge < -0.3 is 5.73 Å². The molecule has 0 spiro atoms. The first-order chi connectivity index (χ1) is 8.49. The second-order valence-corrected chi connectivity index (χ2v) is 4.54. The lowest BCUT2D eigenvalue weighted by atomic mass is 10.1. The molecule has 2 N–H and O–H groups in total. The first-order valence-corrected chi connectivity index (χ1v) is 5.85. The van der Waals surface area contributed by atoms with E-state index in [-0.39, 0.29) is 10.5 Å². The summed E-state index contributed by atoms with van der Waals surface area (Å²) in [6.45, 7) is 2.01. The Morgan fingerprint density at radius 3 is 2.50 bits per heavy atom. The number of hydrogen-bond donors (Lipinski definition) is 1. The Bertz CT molecular complexity index is 659. The molecule has 0 radical (unpaired) electrons. The number of hydrogen-bond acceptors (Lipinski definition) is 3. The monoisotopic (exact) mass is 259 g/mol. The van der Waals surface area contributed by atoms with Crippen molar-refractivity contribution in [2.75, 3.05) is 0 Å². The smallest absolute Gasteiger partial charge is 0.276 e. The third-order valence-electron chi connectivity index (χ3n) is 2.68. The fourth-order valence-corrected chi connectivity index (χ4v) is 1.80. The second kappa shape index (κ2) is 4.70. The van der Waals surface area contributed by atoms with E-state index in [1.807, 2.05) is 31.2 Å². The number of nitrogens with zero attached hydrogens (tertiary/aromatic N) is 2. The average molecular weight is 259 g/mol. The molecule has 18 heavy (non-hydrogen) atoms. The molecule has 2 rings (SSSR count). The summed E-state index contributed by atoms with van der Waals surface area (Å²) in [5.74, 6) is 0. The molecule has 0 saturated heterocycles. The van der Waals surface area contributed by atoms with E-state index in [1.165, 1.54) is 4.68 Å². The highest BCUT2D eigenvalue weighted by Crippen LogP contribution is 2.16. The lowest BCUT2D eigenvalue weighted by Crippen LogP contribution is -2.29. The summed E-state index contributed by atoms with van der Waals surface area (Å²) >= 11 is 4.88. The van der Waals surface area contributed by atoms with E-state index in [9.17, 15) is 4.79 Å². The van der Waals surface area contributed by atoms with Gasteiger partial charge in [-0.2, -0.15) is 5.10 Å². The molecular formula is C13H13N3OS. The number of aromatic nitrogens is 2. The van der Waals surface area contributed by atoms with E-state index < -0.39 is 0 Å². The van der Waals surface area contributed by atoms with Gasteiger partial charge in [0.05, 0.1) is 11.3 Å². The maximum Gasteiger partial charge on any atom is 0.276 e. The van der Waals surface area contributed by atoms with Gasteiger partial charge in [-0.05, 0) is 13.0 Å². The normalized spacial score (nSPS) is 10.3. The minimum atomic E-state index is -0.279. The third kappa shape index (κ3) is 2.31. The number of rotatable bonds is 2. The SMILES string of the molecule is Cc1ccc(-c2cc(C(N)=S)c(=O)n(C)n2)cc1. The largest absolute Gasteiger partial charge is 0.389 e. The quantitative estimate of drug-likeness (QED) is 0.828. The van der Waals surface area contributed by atoms with Gasteiger partial charge in [0.25, 0.3) is 5.56 Å². The maximum atomic E-state index is 11.8. The average Bonchev–Trinajstić information content (AvgIpc) is 2.33. The minimum Gasteiger partial charge on any atom is -0.389 e. The van der Waals surface area contributed by atoms with Crippen molar-refractivity contribution in [3.8, 4) is 11.3 Å². The zero-order valence-corrected chi connectivity index (χ0v) is 11.0. The predicted octanol–water partition coefficient (Wildman–Crippen LogP) is 1.39. The van der Waals surface area contributed by atoms with Crippen molar-refractivity contribution in [3.05, 3.63) is 51.8 Å². The molecule has 0 bridgehead atoms. The van der Waals surface area contributed by atoms with Crippen LogP contribution in [0.15, 0.2) is 35.1 Å². The van der Waals surface area contributed by atoms with Gasteiger partial charge in [0.2, 0.25) is 0 Å². The van der Waals surface area contributed by atoms with E-state index in [4.69, 9.17) is 18.0 Å². The third-order valence-corrected chi connectivity index (χ3v) is 2.90. The second-order valence-electron chi connectivity index (χ2n) is 4.10. The Hall–Kier alpha value is -2.01. The van der Waals surface area contributed by atoms with Crippen LogP contribution in [0.2, 0.25) is 0 Å². The molecule has 1 aromatic carbocycles. The van der Waals surface area contributed by atoms with Crippen LogP contribution in [0.1, 0.15) is 11.1 Å². The van der Waals surface area contributed by atoms with Crippen LogP contribution in [0.5, 0.6) is 0 Å². The van der Waals surface area contributed by atoms with E-state index >= 15 is 0 Å². The standard InChI is InChI=1S/C13H13N3OS/c1-8-3-5-9(6-4-8)11-7-10(12(14)18)13(17)16(2)15-11/h3-7H,1-2H3,(H2,14,18). The molecule has 5 heteroatoms. The van der Waals surface area contributed by atoms with Crippen molar-refractivity contribution in [1.29, 1.82) is 0 Å². The van der Waals surface area contributed by atoms with Crippen LogP contribution in [0.4, 0.5) is 0 Å². The van der Waals surface area contributed by atoms with E-state index in [2.05, 4.69) is 5.10 Å². The molecule has 0 aliphatic carbocycles. The molecule has 1 aromatic heterocycles. The summed E-state index contributed by atoms with van der Waals surface area (Å²) in [6.07, 6.45) is 0. The van der Waals surface area contributed by atoms with Crippen LogP contribution in [0.3, 0.4) is 0 Å². The molecule has 0 atom stereocenters. The van der Waals surface area contributed by atoms with Gasteiger partial charge in [-0.3, -0.25) is 4.79 Å². The Morgan fingerprint density at radius 1 is 1.33 bits per heavy atom. The van der Waals surface area contributed by atoms with Gasteiger partial charge in [0.1, 0.15) is 4.99 Å². The van der Waals surface area contributed by atoms with Gasteiger partial charge in [-0.25, -0.2) is 4.68 Å². The summed E-state index contributed by atoms with van der Waals surface area (Å²) in [5, 5.41) is 4.20. The summed E-state index contributed by atoms with van der Waals surface area (Å²) in [7, 11) is 1.59. The molecule has 1 heterocycles. The van der Waals surface area contributed by atoms with Crippen molar-refractivity contribution in [1.82, 2.24) is 9.78 Å². The van der Waals surface area contributed by atoms with Gasteiger partial charge in [-0.15, -0.1) is 0 Å². The van der Waals surface area contributed by atoms with E-state index in [0.29, 0.717) is 11.3 Å². The van der Waals surface area contributed by atoms with Crippen LogP contribution in [0.25, 0.3) is 11.3 Å². The van der Waals surface area contributed by atoms with E-state index in [0.717, 1.165) is 11.1 Å². The first-order valence-electron chi connectivity index (χ1n) is 5.44. The molecule has 0 fully saturated rings. The van der Waals surface area contributed by atoms with Gasteiger partial charge >= 0.3 is 0 Å². The van der Waals surface area contributed by atoms with Gasteiger partial charge in [0, 0.05) is 12.6 Å². The topological polar surface area (TPSA) is 60.9 Å². The van der Waals surface area contributed by atoms with E-state index in [1.54, 1.807) is 13.1 Å². The number of nitrogens with two attached hydrogens (primary N) is 1. The fourth-order valence-electron chi connectivity index (χ4n) is 1.65. The molecule has 4 nitrogen and oxygen atoms in total. The van der Waals surface area contributed by atoms with Gasteiger partial charge in [-0.1, -0.05) is 42.0 Å². The van der Waals surface area contributed by atoms with Crippen molar-refractivity contribution >= 4 is 17.2 Å². The van der Waals surface area contributed by atoms with Crippen molar-refractivity contribution in [2.24, 2.45) is 12.8 Å². The Kier molecular flexibility index (Phi) is 3.25. The molecule has 92 valence electrons. The number of thiocarbonyl (C=S) groups is 1. The lowest BCUT2D eigenvalue weighted by Gasteiger charge is -2.06. The molecule has 0 aliphatic rings. The number of benzene rings is 1.